The first-order valence-electron chi connectivity index (χ1n) is 4.25. The highest BCUT2D eigenvalue weighted by Crippen LogP contribution is 2.04. The number of sulfonamides is 2. The van der Waals surface area contributed by atoms with Crippen molar-refractivity contribution in [1.29, 1.82) is 0 Å². The molecular weight excluding hydrogens is 276 g/mol. The smallest absolute Gasteiger partial charge is 0.205 e. The molecule has 0 heterocycles. The van der Waals surface area contributed by atoms with E-state index in [0.29, 0.717) is 0 Å². The molecule has 0 atom stereocenters. The third-order valence-electron chi connectivity index (χ3n) is 1.65. The van der Waals surface area contributed by atoms with Crippen LogP contribution in [0.5, 0.6) is 0 Å². The van der Waals surface area contributed by atoms with Gasteiger partial charge in [-0.3, -0.25) is 0 Å². The van der Waals surface area contributed by atoms with Crippen LogP contribution in [0.3, 0.4) is 0 Å². The van der Waals surface area contributed by atoms with E-state index in [1.807, 2.05) is 0 Å². The molecular formula is C5H12N4O6S2. The molecule has 0 radical (unpaired) electrons. The van der Waals surface area contributed by atoms with Crippen molar-refractivity contribution >= 4 is 20.0 Å². The van der Waals surface area contributed by atoms with Crippen LogP contribution in [-0.2, 0) is 20.0 Å². The van der Waals surface area contributed by atoms with Gasteiger partial charge in [0.05, 0.1) is 36.2 Å². The molecule has 0 aliphatic carbocycles. The molecule has 100 valence electrons. The summed E-state index contributed by atoms with van der Waals surface area (Å²) in [7, 11) is -7.56. The molecule has 0 aromatic carbocycles. The van der Waals surface area contributed by atoms with E-state index in [4.69, 9.17) is 0 Å². The van der Waals surface area contributed by atoms with Crippen LogP contribution in [0.15, 0.2) is 10.6 Å². The van der Waals surface area contributed by atoms with Gasteiger partial charge in [-0.1, -0.05) is 0 Å². The minimum atomic E-state index is -3.78. The molecule has 0 unspecified atom stereocenters. The standard InChI is InChI=1S/C5H12N4O6S2/c1-16(12,13)8(6-10)4-3-5-9(7-11)17(2,14)15/h3-5H2,1-2H3. The fourth-order valence-electron chi connectivity index (χ4n) is 0.876. The molecule has 0 fully saturated rings. The van der Waals surface area contributed by atoms with Crippen molar-refractivity contribution in [1.82, 2.24) is 8.83 Å². The highest BCUT2D eigenvalue weighted by molar-refractivity contribution is 7.88. The minimum absolute atomic E-state index is 0.0857. The molecule has 0 aliphatic heterocycles. The molecule has 12 heteroatoms. The molecule has 0 N–H and O–H groups in total. The zero-order valence-electron chi connectivity index (χ0n) is 9.18. The van der Waals surface area contributed by atoms with E-state index < -0.39 is 20.0 Å². The first-order valence-corrected chi connectivity index (χ1v) is 7.94. The lowest BCUT2D eigenvalue weighted by molar-refractivity contribution is 0.374. The van der Waals surface area contributed by atoms with Gasteiger partial charge in [-0.2, -0.15) is 8.83 Å². The Balaban J connectivity index is 4.41. The lowest BCUT2D eigenvalue weighted by atomic mass is 10.4. The van der Waals surface area contributed by atoms with Crippen molar-refractivity contribution in [3.63, 3.8) is 0 Å². The largest absolute Gasteiger partial charge is 0.249 e. The number of nitrogens with zero attached hydrogens (tertiary/aromatic N) is 4. The molecule has 0 aromatic rings. The van der Waals surface area contributed by atoms with Gasteiger partial charge < -0.3 is 0 Å². The number of rotatable bonds is 8. The van der Waals surface area contributed by atoms with Crippen LogP contribution in [-0.4, -0.2) is 51.3 Å². The summed E-state index contributed by atoms with van der Waals surface area (Å²) in [6, 6.07) is 0. The summed E-state index contributed by atoms with van der Waals surface area (Å²) in [6.45, 7) is -0.659. The summed E-state index contributed by atoms with van der Waals surface area (Å²) in [5, 5.41) is 4.53. The van der Waals surface area contributed by atoms with Gasteiger partial charge in [0.15, 0.2) is 0 Å². The third kappa shape index (κ3) is 5.53. The first kappa shape index (κ1) is 15.7. The zero-order chi connectivity index (χ0) is 13.7. The molecule has 0 spiro atoms. The SMILES string of the molecule is CS(=O)(=O)N(CCCN(N=O)S(C)(=O)=O)N=O. The quantitative estimate of drug-likeness (QED) is 0.426. The van der Waals surface area contributed by atoms with Gasteiger partial charge in [0.2, 0.25) is 20.0 Å². The van der Waals surface area contributed by atoms with Crippen molar-refractivity contribution in [3.8, 4) is 0 Å². The monoisotopic (exact) mass is 288 g/mol. The Morgan fingerprint density at radius 3 is 1.29 bits per heavy atom. The molecule has 0 aliphatic rings. The van der Waals surface area contributed by atoms with Crippen LogP contribution in [0.2, 0.25) is 0 Å². The van der Waals surface area contributed by atoms with E-state index in [1.54, 1.807) is 0 Å². The van der Waals surface area contributed by atoms with E-state index in [2.05, 4.69) is 10.6 Å². The molecule has 0 amide bonds. The van der Waals surface area contributed by atoms with Gasteiger partial charge in [-0.25, -0.2) is 16.8 Å². The fraction of sp³-hybridized carbons (Fsp3) is 1.00. The molecule has 0 saturated heterocycles. The number of nitroso groups, excluding NO2 is 2. The molecule has 0 bridgehead atoms. The molecule has 0 rings (SSSR count). The second-order valence-electron chi connectivity index (χ2n) is 3.13. The Kier molecular flexibility index (Phi) is 5.41. The van der Waals surface area contributed by atoms with Crippen LogP contribution in [0, 0.1) is 9.81 Å². The van der Waals surface area contributed by atoms with Gasteiger partial charge in [-0.15, -0.1) is 9.81 Å². The third-order valence-corrected chi connectivity index (χ3v) is 3.68. The lowest BCUT2D eigenvalue weighted by Gasteiger charge is -2.15. The first-order chi connectivity index (χ1) is 7.62. The van der Waals surface area contributed by atoms with Gasteiger partial charge >= 0.3 is 0 Å². The van der Waals surface area contributed by atoms with Gasteiger partial charge in [0.25, 0.3) is 0 Å². The van der Waals surface area contributed by atoms with Crippen LogP contribution in [0.25, 0.3) is 0 Å². The van der Waals surface area contributed by atoms with Crippen LogP contribution in [0.4, 0.5) is 0 Å². The fourth-order valence-corrected chi connectivity index (χ4v) is 2.04. The zero-order valence-corrected chi connectivity index (χ0v) is 10.8. The number of hydrogen-bond acceptors (Lipinski definition) is 8. The number of hydrogen-bond donors (Lipinski definition) is 0. The predicted octanol–water partition coefficient (Wildman–Crippen LogP) is -0.737. The molecule has 0 aromatic heterocycles. The van der Waals surface area contributed by atoms with Crippen molar-refractivity contribution < 1.29 is 16.8 Å². The summed E-state index contributed by atoms with van der Waals surface area (Å²) in [5.41, 5.74) is 0. The van der Waals surface area contributed by atoms with Gasteiger partial charge in [-0.05, 0) is 6.42 Å². The summed E-state index contributed by atoms with van der Waals surface area (Å²) >= 11 is 0. The minimum Gasteiger partial charge on any atom is -0.205 e. The maximum atomic E-state index is 10.9. The predicted molar refractivity (Wildman–Crippen MR) is 59.3 cm³/mol. The van der Waals surface area contributed by atoms with E-state index in [0.717, 1.165) is 12.5 Å². The van der Waals surface area contributed by atoms with Crippen molar-refractivity contribution in [2.45, 2.75) is 6.42 Å². The van der Waals surface area contributed by atoms with Crippen molar-refractivity contribution in [3.05, 3.63) is 9.81 Å². The second-order valence-corrected chi connectivity index (χ2v) is 6.91. The van der Waals surface area contributed by atoms with Crippen molar-refractivity contribution in [2.75, 3.05) is 25.6 Å². The average molecular weight is 288 g/mol. The van der Waals surface area contributed by atoms with E-state index >= 15 is 0 Å². The highest BCUT2D eigenvalue weighted by Gasteiger charge is 2.18. The van der Waals surface area contributed by atoms with Crippen molar-refractivity contribution in [2.24, 2.45) is 10.6 Å². The summed E-state index contributed by atoms with van der Waals surface area (Å²) < 4.78 is 44.2. The average Bonchev–Trinajstić information content (AvgIpc) is 2.13. The Morgan fingerprint density at radius 2 is 1.12 bits per heavy atom. The van der Waals surface area contributed by atoms with Crippen LogP contribution >= 0.6 is 0 Å². The van der Waals surface area contributed by atoms with Crippen LogP contribution in [0.1, 0.15) is 6.42 Å². The highest BCUT2D eigenvalue weighted by atomic mass is 32.2. The summed E-state index contributed by atoms with van der Waals surface area (Å²) in [4.78, 5) is 20.3. The molecule has 17 heavy (non-hydrogen) atoms. The van der Waals surface area contributed by atoms with E-state index in [9.17, 15) is 26.6 Å². The maximum Gasteiger partial charge on any atom is 0.249 e. The van der Waals surface area contributed by atoms with E-state index in [-0.39, 0.29) is 28.3 Å². The summed E-state index contributed by atoms with van der Waals surface area (Å²) in [5.74, 6) is 0. The normalized spacial score (nSPS) is 11.9. The molecule has 0 saturated carbocycles. The second kappa shape index (κ2) is 5.86. The lowest BCUT2D eigenvalue weighted by Crippen LogP contribution is -2.30. The van der Waals surface area contributed by atoms with Gasteiger partial charge in [0, 0.05) is 0 Å². The summed E-state index contributed by atoms with van der Waals surface area (Å²) in [6.07, 6.45) is 1.47. The van der Waals surface area contributed by atoms with E-state index in [1.165, 1.54) is 0 Å². The Bertz CT molecular complexity index is 427. The maximum absolute atomic E-state index is 10.9. The topological polar surface area (TPSA) is 134 Å². The van der Waals surface area contributed by atoms with Gasteiger partial charge in [0.1, 0.15) is 0 Å². The van der Waals surface area contributed by atoms with Crippen LogP contribution < -0.4 is 0 Å². The Morgan fingerprint density at radius 1 is 0.824 bits per heavy atom. The Labute approximate surface area is 98.6 Å². The Hall–Kier alpha value is -1.30. The molecule has 10 nitrogen and oxygen atoms in total.